The molecule has 15 heteroatoms. The smallest absolute Gasteiger partial charge is 0.466 e. The monoisotopic (exact) mass is 1030 g/mol. The molecule has 0 rings (SSSR count). The van der Waals surface area contributed by atoms with Crippen molar-refractivity contribution in [2.24, 2.45) is 5.92 Å². The van der Waals surface area contributed by atoms with Crippen molar-refractivity contribution in [3.63, 3.8) is 0 Å². The highest BCUT2D eigenvalue weighted by molar-refractivity contribution is 5.70. The van der Waals surface area contributed by atoms with E-state index in [0.29, 0.717) is 58.3 Å². The van der Waals surface area contributed by atoms with Crippen LogP contribution in [0.1, 0.15) is 258 Å². The van der Waals surface area contributed by atoms with E-state index in [9.17, 15) is 29.1 Å². The zero-order valence-electron chi connectivity index (χ0n) is 46.7. The van der Waals surface area contributed by atoms with Crippen LogP contribution in [-0.2, 0) is 52.5 Å². The lowest BCUT2D eigenvalue weighted by atomic mass is 10.1. The molecule has 0 spiro atoms. The van der Waals surface area contributed by atoms with Crippen molar-refractivity contribution in [3.8, 4) is 0 Å². The molecule has 0 aromatic carbocycles. The third-order valence-electron chi connectivity index (χ3n) is 12.3. The van der Waals surface area contributed by atoms with Gasteiger partial charge in [0.15, 0.2) is 0 Å². The number of rotatable bonds is 52. The number of aliphatic hydroxyl groups is 1. The Kier molecular flexibility index (Phi) is 56.5. The van der Waals surface area contributed by atoms with E-state index in [2.05, 4.69) is 25.7 Å². The van der Waals surface area contributed by atoms with E-state index in [4.69, 9.17) is 33.7 Å². The van der Waals surface area contributed by atoms with Crippen LogP contribution in [-0.4, -0.2) is 118 Å². The van der Waals surface area contributed by atoms with Gasteiger partial charge in [-0.3, -0.25) is 24.4 Å². The summed E-state index contributed by atoms with van der Waals surface area (Å²) < 4.78 is 32.2. The Hall–Kier alpha value is -3.01. The second kappa shape index (κ2) is 57.3. The van der Waals surface area contributed by atoms with Crippen molar-refractivity contribution < 1.29 is 67.6 Å². The van der Waals surface area contributed by atoms with Gasteiger partial charge in [-0.2, -0.15) is 0 Å². The number of aliphatic hydroxyl groups excluding tert-OH is 1. The summed E-state index contributed by atoms with van der Waals surface area (Å²) in [5.74, 6) is -1.52. The van der Waals surface area contributed by atoms with Gasteiger partial charge in [-0.05, 0) is 72.0 Å². The van der Waals surface area contributed by atoms with E-state index < -0.39 is 18.2 Å². The van der Waals surface area contributed by atoms with E-state index in [1.165, 1.54) is 70.6 Å². The van der Waals surface area contributed by atoms with Crippen molar-refractivity contribution in [3.05, 3.63) is 0 Å². The number of hydrogen-bond acceptors (Lipinski definition) is 15. The summed E-state index contributed by atoms with van der Waals surface area (Å²) in [6.07, 6.45) is 33.1. The number of carbonyl (C=O) groups is 5. The molecule has 2 N–H and O–H groups in total. The molecule has 0 saturated carbocycles. The number of esters is 4. The first-order chi connectivity index (χ1) is 35.0. The van der Waals surface area contributed by atoms with Gasteiger partial charge in [0.2, 0.25) is 0 Å². The number of nitrogens with zero attached hydrogens (tertiary/aromatic N) is 1. The molecule has 72 heavy (non-hydrogen) atoms. The zero-order chi connectivity index (χ0) is 53.4. The fourth-order valence-electron chi connectivity index (χ4n) is 7.74. The maximum Gasteiger partial charge on any atom is 0.508 e. The molecular weight excluding hydrogens is 923 g/mol. The Balaban J connectivity index is 0. The predicted molar refractivity (Wildman–Crippen MR) is 286 cm³/mol. The van der Waals surface area contributed by atoms with Gasteiger partial charge in [0.1, 0.15) is 19.8 Å². The highest BCUT2D eigenvalue weighted by Gasteiger charge is 2.19. The Bertz CT molecular complexity index is 1160. The Morgan fingerprint density at radius 1 is 0.375 bits per heavy atom. The van der Waals surface area contributed by atoms with Crippen LogP contribution in [0.25, 0.3) is 0 Å². The molecule has 0 heterocycles. The molecule has 1 unspecified atom stereocenters. The summed E-state index contributed by atoms with van der Waals surface area (Å²) >= 11 is 0. The van der Waals surface area contributed by atoms with E-state index in [1.54, 1.807) is 0 Å². The number of hydrogen-bond donors (Lipinski definition) is 2. The minimum absolute atomic E-state index is 0.0299. The molecule has 0 aromatic rings. The SMILES string of the molecule is CCCCCCCCOC(=O)CCCCCCCCC(=O)OCC(COC(=O)CCCCCCCCC(=O)OCCCCCCCC)COC(=O)OCCC(O)CCCCCCCC.CN(C)CCCOO. The van der Waals surface area contributed by atoms with Crippen molar-refractivity contribution in [1.82, 2.24) is 4.90 Å². The van der Waals surface area contributed by atoms with Crippen LogP contribution < -0.4 is 0 Å². The van der Waals surface area contributed by atoms with Crippen LogP contribution in [0.2, 0.25) is 0 Å². The molecule has 0 aliphatic heterocycles. The van der Waals surface area contributed by atoms with E-state index in [-0.39, 0.29) is 63.1 Å². The first kappa shape index (κ1) is 71.1. The lowest BCUT2D eigenvalue weighted by molar-refractivity contribution is -0.242. The second-order valence-corrected chi connectivity index (χ2v) is 19.8. The standard InChI is InChI=1S/C52H96O12.C5H13NO2/c1-4-7-10-13-20-27-34-47(53)39-42-61-52(58)64-45-46(43-62-50(56)37-30-23-18-16-21-28-35-48(54)59-40-32-25-14-11-8-5-2)44-63-51(57)38-31-24-19-17-22-29-36-49(55)60-41-33-26-15-12-9-6-3;1-6(2)4-3-5-8-7/h46-47,53H,4-45H2,1-3H3;7H,3-5H2,1-2H3. The van der Waals surface area contributed by atoms with Crippen molar-refractivity contribution in [2.45, 2.75) is 264 Å². The van der Waals surface area contributed by atoms with Crippen LogP contribution in [0.5, 0.6) is 0 Å². The quantitative estimate of drug-likeness (QED) is 0.0192. The molecule has 0 bridgehead atoms. The van der Waals surface area contributed by atoms with Gasteiger partial charge in [0, 0.05) is 32.1 Å². The maximum atomic E-state index is 12.6. The summed E-state index contributed by atoms with van der Waals surface area (Å²) in [5.41, 5.74) is 0. The summed E-state index contributed by atoms with van der Waals surface area (Å²) in [4.78, 5) is 67.4. The average molecular weight is 1030 g/mol. The third-order valence-corrected chi connectivity index (χ3v) is 12.3. The Morgan fingerprint density at radius 3 is 1.11 bits per heavy atom. The topological polar surface area (TPSA) is 194 Å². The summed E-state index contributed by atoms with van der Waals surface area (Å²) in [6.45, 7) is 8.73. The van der Waals surface area contributed by atoms with E-state index in [0.717, 1.165) is 122 Å². The minimum Gasteiger partial charge on any atom is -0.466 e. The maximum absolute atomic E-state index is 12.6. The summed E-state index contributed by atoms with van der Waals surface area (Å²) in [7, 11) is 3.97. The zero-order valence-corrected chi connectivity index (χ0v) is 46.7. The van der Waals surface area contributed by atoms with Crippen LogP contribution in [0, 0.1) is 5.92 Å². The molecule has 0 amide bonds. The van der Waals surface area contributed by atoms with Gasteiger partial charge in [-0.1, -0.05) is 175 Å². The fourth-order valence-corrected chi connectivity index (χ4v) is 7.74. The van der Waals surface area contributed by atoms with Crippen molar-refractivity contribution in [1.29, 1.82) is 0 Å². The third kappa shape index (κ3) is 57.9. The molecule has 0 aliphatic rings. The molecule has 0 saturated heterocycles. The second-order valence-electron chi connectivity index (χ2n) is 19.8. The molecular formula is C57H109NO14. The van der Waals surface area contributed by atoms with E-state index >= 15 is 0 Å². The largest absolute Gasteiger partial charge is 0.508 e. The molecule has 426 valence electrons. The lowest BCUT2D eigenvalue weighted by Gasteiger charge is -2.17. The highest BCUT2D eigenvalue weighted by Crippen LogP contribution is 2.15. The van der Waals surface area contributed by atoms with E-state index in [1.807, 2.05) is 19.0 Å². The fraction of sp³-hybridized carbons (Fsp3) is 0.912. The molecule has 0 aliphatic carbocycles. The Morgan fingerprint density at radius 2 is 0.722 bits per heavy atom. The van der Waals surface area contributed by atoms with Crippen LogP contribution in [0.4, 0.5) is 4.79 Å². The number of ether oxygens (including phenoxy) is 6. The predicted octanol–water partition coefficient (Wildman–Crippen LogP) is 13.8. The number of carbonyl (C=O) groups excluding carboxylic acids is 5. The summed E-state index contributed by atoms with van der Waals surface area (Å²) in [6, 6.07) is 0. The van der Waals surface area contributed by atoms with Gasteiger partial charge in [0.05, 0.1) is 38.4 Å². The van der Waals surface area contributed by atoms with Crippen LogP contribution in [0.3, 0.4) is 0 Å². The first-order valence-electron chi connectivity index (χ1n) is 29.0. The Labute approximate surface area is 438 Å². The molecule has 0 radical (unpaired) electrons. The number of unbranched alkanes of at least 4 members (excludes halogenated alkanes) is 25. The lowest BCUT2D eigenvalue weighted by Crippen LogP contribution is -2.27. The van der Waals surface area contributed by atoms with Gasteiger partial charge >= 0.3 is 30.0 Å². The van der Waals surface area contributed by atoms with Crippen molar-refractivity contribution >= 4 is 30.0 Å². The highest BCUT2D eigenvalue weighted by atomic mass is 17.1. The summed E-state index contributed by atoms with van der Waals surface area (Å²) in [5, 5.41) is 18.1. The average Bonchev–Trinajstić information content (AvgIpc) is 3.35. The van der Waals surface area contributed by atoms with Crippen LogP contribution in [0.15, 0.2) is 0 Å². The molecule has 15 nitrogen and oxygen atoms in total. The normalized spacial score (nSPS) is 11.5. The molecule has 0 fully saturated rings. The van der Waals surface area contributed by atoms with Crippen LogP contribution >= 0.6 is 0 Å². The van der Waals surface area contributed by atoms with Gasteiger partial charge in [-0.15, -0.1) is 0 Å². The van der Waals surface area contributed by atoms with Gasteiger partial charge < -0.3 is 38.4 Å². The first-order valence-corrected chi connectivity index (χ1v) is 29.0. The van der Waals surface area contributed by atoms with Gasteiger partial charge in [-0.25, -0.2) is 9.68 Å². The molecule has 1 atom stereocenters. The van der Waals surface area contributed by atoms with Crippen molar-refractivity contribution in [2.75, 3.05) is 66.9 Å². The van der Waals surface area contributed by atoms with Gasteiger partial charge in [0.25, 0.3) is 0 Å². The molecule has 0 aromatic heterocycles. The minimum atomic E-state index is -0.885.